The third-order valence-electron chi connectivity index (χ3n) is 9.73. The van der Waals surface area contributed by atoms with Crippen molar-refractivity contribution in [2.45, 2.75) is 0 Å². The number of fused-ring (bicyclic) bond motifs is 2. The van der Waals surface area contributed by atoms with E-state index in [-0.39, 0.29) is 0 Å². The second kappa shape index (κ2) is 14.2. The zero-order valence-electron chi connectivity index (χ0n) is 30.1. The highest BCUT2D eigenvalue weighted by Gasteiger charge is 2.28. The van der Waals surface area contributed by atoms with Gasteiger partial charge in [0.25, 0.3) is 0 Å². The van der Waals surface area contributed by atoms with Crippen LogP contribution in [0.4, 0.5) is 17.3 Å². The van der Waals surface area contributed by atoms with Gasteiger partial charge in [-0.3, -0.25) is 4.90 Å². The summed E-state index contributed by atoms with van der Waals surface area (Å²) in [6.07, 6.45) is 0. The van der Waals surface area contributed by atoms with Crippen molar-refractivity contribution in [2.75, 3.05) is 4.90 Å². The molecule has 2 aromatic heterocycles. The first-order valence-corrected chi connectivity index (χ1v) is 18.4. The summed E-state index contributed by atoms with van der Waals surface area (Å²) in [4.78, 5) is 27.4. The SMILES string of the molecule is c1ccc(-c2cc(-c3cccc(-c4cccc(-c5nc(-c6ccccc6)nc(N6c7ccccc7Oc7ccccc76)n5)c4)c3)nc(-c3ccccc3)n2)cc1. The van der Waals surface area contributed by atoms with Gasteiger partial charge in [0.1, 0.15) is 0 Å². The van der Waals surface area contributed by atoms with Crippen LogP contribution in [0.2, 0.25) is 0 Å². The maximum Gasteiger partial charge on any atom is 0.239 e. The van der Waals surface area contributed by atoms with Crippen LogP contribution < -0.4 is 9.64 Å². The van der Waals surface area contributed by atoms with E-state index in [0.29, 0.717) is 23.4 Å². The molecule has 56 heavy (non-hydrogen) atoms. The Morgan fingerprint density at radius 3 is 1.30 bits per heavy atom. The molecule has 7 aromatic carbocycles. The van der Waals surface area contributed by atoms with Crippen LogP contribution in [0.15, 0.2) is 194 Å². The van der Waals surface area contributed by atoms with Crippen LogP contribution in [0.3, 0.4) is 0 Å². The molecule has 1 aliphatic rings. The maximum atomic E-state index is 6.30. The smallest absolute Gasteiger partial charge is 0.239 e. The predicted octanol–water partition coefficient (Wildman–Crippen LogP) is 12.2. The lowest BCUT2D eigenvalue weighted by molar-refractivity contribution is 0.476. The predicted molar refractivity (Wildman–Crippen MR) is 223 cm³/mol. The van der Waals surface area contributed by atoms with Crippen molar-refractivity contribution in [1.82, 2.24) is 24.9 Å². The fourth-order valence-corrected chi connectivity index (χ4v) is 6.99. The van der Waals surface area contributed by atoms with Crippen molar-refractivity contribution in [3.63, 3.8) is 0 Å². The third kappa shape index (κ3) is 6.33. The highest BCUT2D eigenvalue weighted by Crippen LogP contribution is 2.49. The van der Waals surface area contributed by atoms with Gasteiger partial charge in [-0.2, -0.15) is 9.97 Å². The lowest BCUT2D eigenvalue weighted by Gasteiger charge is -2.31. The summed E-state index contributed by atoms with van der Waals surface area (Å²) in [5.74, 6) is 3.77. The minimum absolute atomic E-state index is 0.497. The van der Waals surface area contributed by atoms with Crippen LogP contribution in [-0.4, -0.2) is 24.9 Å². The van der Waals surface area contributed by atoms with Gasteiger partial charge in [-0.05, 0) is 53.6 Å². The molecule has 7 heteroatoms. The Balaban J connectivity index is 1.08. The molecule has 0 saturated heterocycles. The van der Waals surface area contributed by atoms with Crippen molar-refractivity contribution in [2.24, 2.45) is 0 Å². The quantitative estimate of drug-likeness (QED) is 0.162. The molecule has 264 valence electrons. The van der Waals surface area contributed by atoms with Crippen LogP contribution in [0, 0.1) is 0 Å². The average Bonchev–Trinajstić information content (AvgIpc) is 3.29. The van der Waals surface area contributed by atoms with Gasteiger partial charge < -0.3 is 4.74 Å². The van der Waals surface area contributed by atoms with Gasteiger partial charge in [-0.1, -0.05) is 152 Å². The Hall–Kier alpha value is -7.77. The summed E-state index contributed by atoms with van der Waals surface area (Å²) in [5, 5.41) is 0. The van der Waals surface area contributed by atoms with E-state index in [1.165, 1.54) is 0 Å². The van der Waals surface area contributed by atoms with E-state index in [9.17, 15) is 0 Å². The largest absolute Gasteiger partial charge is 0.453 e. The molecule has 9 aromatic rings. The Morgan fingerprint density at radius 2 is 0.714 bits per heavy atom. The first kappa shape index (κ1) is 32.8. The normalized spacial score (nSPS) is 11.7. The molecule has 0 bridgehead atoms. The van der Waals surface area contributed by atoms with Gasteiger partial charge >= 0.3 is 0 Å². The molecule has 0 aliphatic carbocycles. The molecule has 1 aliphatic heterocycles. The molecule has 0 saturated carbocycles. The van der Waals surface area contributed by atoms with Crippen LogP contribution in [0.1, 0.15) is 0 Å². The number of hydrogen-bond donors (Lipinski definition) is 0. The van der Waals surface area contributed by atoms with Gasteiger partial charge in [-0.15, -0.1) is 0 Å². The van der Waals surface area contributed by atoms with Crippen LogP contribution in [-0.2, 0) is 0 Å². The van der Waals surface area contributed by atoms with E-state index in [0.717, 1.165) is 73.2 Å². The molecule has 10 rings (SSSR count). The van der Waals surface area contributed by atoms with Gasteiger partial charge in [0, 0.05) is 27.8 Å². The molecule has 7 nitrogen and oxygen atoms in total. The first-order valence-electron chi connectivity index (χ1n) is 18.4. The highest BCUT2D eigenvalue weighted by molar-refractivity contribution is 5.85. The molecule has 3 heterocycles. The highest BCUT2D eigenvalue weighted by atomic mass is 16.5. The topological polar surface area (TPSA) is 76.9 Å². The van der Waals surface area contributed by atoms with Crippen molar-refractivity contribution >= 4 is 17.3 Å². The molecule has 0 N–H and O–H groups in total. The molecular formula is C49H32N6O. The molecule has 0 spiro atoms. The zero-order valence-corrected chi connectivity index (χ0v) is 30.1. The van der Waals surface area contributed by atoms with Crippen molar-refractivity contribution in [1.29, 1.82) is 0 Å². The summed E-state index contributed by atoms with van der Waals surface area (Å²) in [6.45, 7) is 0. The molecule has 0 fully saturated rings. The summed E-state index contributed by atoms with van der Waals surface area (Å²) in [5.41, 5.74) is 10.2. The molecule has 0 radical (unpaired) electrons. The minimum atomic E-state index is 0.497. The first-order chi connectivity index (χ1) is 27.7. The van der Waals surface area contributed by atoms with Gasteiger partial charge in [0.2, 0.25) is 5.95 Å². The van der Waals surface area contributed by atoms with Crippen LogP contribution >= 0.6 is 0 Å². The maximum absolute atomic E-state index is 6.30. The van der Waals surface area contributed by atoms with E-state index in [1.807, 2.05) is 144 Å². The fraction of sp³-hybridized carbons (Fsp3) is 0. The van der Waals surface area contributed by atoms with Crippen LogP contribution in [0.25, 0.3) is 67.8 Å². The number of anilines is 3. The number of para-hydroxylation sites is 4. The third-order valence-corrected chi connectivity index (χ3v) is 9.73. The Morgan fingerprint density at radius 1 is 0.304 bits per heavy atom. The van der Waals surface area contributed by atoms with Crippen LogP contribution in [0.5, 0.6) is 11.5 Å². The summed E-state index contributed by atoms with van der Waals surface area (Å²) in [6, 6.07) is 65.1. The van der Waals surface area contributed by atoms with Gasteiger partial charge in [0.15, 0.2) is 29.0 Å². The van der Waals surface area contributed by atoms with E-state index >= 15 is 0 Å². The Kier molecular flexibility index (Phi) is 8.35. The van der Waals surface area contributed by atoms with E-state index in [1.54, 1.807) is 0 Å². The fourth-order valence-electron chi connectivity index (χ4n) is 6.99. The minimum Gasteiger partial charge on any atom is -0.453 e. The summed E-state index contributed by atoms with van der Waals surface area (Å²) < 4.78 is 6.30. The number of ether oxygens (including phenoxy) is 1. The molecule has 0 atom stereocenters. The lowest BCUT2D eigenvalue weighted by Crippen LogP contribution is -2.19. The van der Waals surface area contributed by atoms with Crippen molar-refractivity contribution < 1.29 is 4.74 Å². The van der Waals surface area contributed by atoms with Gasteiger partial charge in [-0.25, -0.2) is 15.0 Å². The van der Waals surface area contributed by atoms with E-state index in [2.05, 4.69) is 54.6 Å². The Labute approximate surface area is 324 Å². The number of hydrogen-bond acceptors (Lipinski definition) is 7. The van der Waals surface area contributed by atoms with E-state index in [4.69, 9.17) is 29.7 Å². The second-order valence-electron chi connectivity index (χ2n) is 13.4. The van der Waals surface area contributed by atoms with Crippen molar-refractivity contribution in [3.8, 4) is 79.3 Å². The molecular weight excluding hydrogens is 689 g/mol. The monoisotopic (exact) mass is 720 g/mol. The molecule has 0 amide bonds. The number of benzene rings is 7. The van der Waals surface area contributed by atoms with Crippen molar-refractivity contribution in [3.05, 3.63) is 194 Å². The number of rotatable bonds is 7. The molecule has 0 unspecified atom stereocenters. The Bertz CT molecular complexity index is 2740. The summed E-state index contributed by atoms with van der Waals surface area (Å²) >= 11 is 0. The van der Waals surface area contributed by atoms with E-state index < -0.39 is 0 Å². The second-order valence-corrected chi connectivity index (χ2v) is 13.4. The average molecular weight is 721 g/mol. The van der Waals surface area contributed by atoms with Gasteiger partial charge in [0.05, 0.1) is 22.8 Å². The summed E-state index contributed by atoms with van der Waals surface area (Å²) in [7, 11) is 0. The number of nitrogens with zero attached hydrogens (tertiary/aromatic N) is 6. The number of aromatic nitrogens is 5. The zero-order chi connectivity index (χ0) is 37.3. The lowest BCUT2D eigenvalue weighted by atomic mass is 9.99. The standard InChI is InChI=1S/C49H32N6O/c1-4-16-33(17-5-1)40-32-41(51-46(50-40)34-18-6-2-7-19-34)38-24-14-22-36(30-38)37-23-15-25-39(31-37)48-52-47(35-20-8-3-9-21-35)53-49(54-48)55-42-26-10-12-28-44(42)56-45-29-13-11-27-43(45)55/h1-32H.